The molecule has 1 atom stereocenters. The van der Waals surface area contributed by atoms with Crippen LogP contribution in [-0.4, -0.2) is 24.9 Å². The molecule has 0 spiro atoms. The van der Waals surface area contributed by atoms with Gasteiger partial charge in [0.25, 0.3) is 0 Å². The van der Waals surface area contributed by atoms with Crippen molar-refractivity contribution in [3.05, 3.63) is 24.3 Å². The Labute approximate surface area is 116 Å². The summed E-state index contributed by atoms with van der Waals surface area (Å²) in [5.74, 6) is 1.34. The normalized spacial score (nSPS) is 22.3. The van der Waals surface area contributed by atoms with Crippen molar-refractivity contribution < 1.29 is 9.53 Å². The van der Waals surface area contributed by atoms with E-state index in [1.54, 1.807) is 7.11 Å². The third kappa shape index (κ3) is 2.14. The monoisotopic (exact) mass is 311 g/mol. The van der Waals surface area contributed by atoms with Gasteiger partial charge >= 0.3 is 0 Å². The van der Waals surface area contributed by atoms with Crippen LogP contribution in [0.1, 0.15) is 13.8 Å². The molecule has 0 N–H and O–H groups in total. The summed E-state index contributed by atoms with van der Waals surface area (Å²) in [4.78, 5) is 14.3. The molecule has 18 heavy (non-hydrogen) atoms. The molecule has 1 aromatic rings. The van der Waals surface area contributed by atoms with E-state index in [9.17, 15) is 4.79 Å². The molecule has 1 fully saturated rings. The van der Waals surface area contributed by atoms with E-state index in [1.165, 1.54) is 0 Å². The fourth-order valence-electron chi connectivity index (χ4n) is 2.28. The summed E-state index contributed by atoms with van der Waals surface area (Å²) < 4.78 is 5.13. The van der Waals surface area contributed by atoms with E-state index in [0.29, 0.717) is 5.92 Å². The van der Waals surface area contributed by atoms with Gasteiger partial charge in [-0.1, -0.05) is 29.8 Å². The molecule has 3 nitrogen and oxygen atoms in total. The highest BCUT2D eigenvalue weighted by Gasteiger charge is 2.46. The topological polar surface area (TPSA) is 29.5 Å². The first kappa shape index (κ1) is 13.4. The van der Waals surface area contributed by atoms with Crippen LogP contribution >= 0.6 is 15.9 Å². The van der Waals surface area contributed by atoms with Gasteiger partial charge in [-0.2, -0.15) is 0 Å². The van der Waals surface area contributed by atoms with Crippen LogP contribution < -0.4 is 9.64 Å². The van der Waals surface area contributed by atoms with Crippen molar-refractivity contribution in [3.8, 4) is 5.75 Å². The van der Waals surface area contributed by atoms with E-state index in [2.05, 4.69) is 15.9 Å². The number of carbonyl (C=O) groups is 1. The van der Waals surface area contributed by atoms with E-state index < -0.39 is 0 Å². The maximum Gasteiger partial charge on any atom is 0.233 e. The number of hydrogen-bond donors (Lipinski definition) is 0. The van der Waals surface area contributed by atoms with Crippen molar-refractivity contribution in [2.75, 3.05) is 23.9 Å². The number of rotatable bonds is 3. The molecular formula is C14H18BrNO2. The summed E-state index contributed by atoms with van der Waals surface area (Å²) in [7, 11) is 1.64. The van der Waals surface area contributed by atoms with Crippen molar-refractivity contribution in [2.24, 2.45) is 11.3 Å². The predicted molar refractivity (Wildman–Crippen MR) is 76.4 cm³/mol. The summed E-state index contributed by atoms with van der Waals surface area (Å²) in [6.45, 7) is 4.80. The lowest BCUT2D eigenvalue weighted by Crippen LogP contribution is -2.31. The number of benzene rings is 1. The van der Waals surface area contributed by atoms with Gasteiger partial charge in [-0.05, 0) is 24.3 Å². The van der Waals surface area contributed by atoms with Gasteiger partial charge in [-0.3, -0.25) is 4.79 Å². The molecule has 0 bridgehead atoms. The molecule has 4 heteroatoms. The molecule has 1 heterocycles. The summed E-state index contributed by atoms with van der Waals surface area (Å²) in [5.41, 5.74) is 0.640. The maximum atomic E-state index is 12.4. The minimum absolute atomic E-state index is 0.192. The first-order valence-electron chi connectivity index (χ1n) is 6.02. The number of methoxy groups -OCH3 is 1. The Morgan fingerprint density at radius 2 is 2.00 bits per heavy atom. The highest BCUT2D eigenvalue weighted by molar-refractivity contribution is 9.09. The maximum absolute atomic E-state index is 12.4. The van der Waals surface area contributed by atoms with Crippen LogP contribution in [0.4, 0.5) is 5.69 Å². The molecule has 1 saturated heterocycles. The molecule has 1 unspecified atom stereocenters. The second kappa shape index (κ2) is 4.92. The molecule has 1 aliphatic rings. The van der Waals surface area contributed by atoms with Crippen molar-refractivity contribution >= 4 is 27.5 Å². The molecule has 0 aliphatic carbocycles. The number of halogens is 1. The van der Waals surface area contributed by atoms with Gasteiger partial charge in [0.05, 0.1) is 7.11 Å². The Kier molecular flexibility index (Phi) is 3.66. The second-order valence-electron chi connectivity index (χ2n) is 5.19. The third-order valence-electron chi connectivity index (χ3n) is 3.79. The lowest BCUT2D eigenvalue weighted by atomic mass is 9.83. The van der Waals surface area contributed by atoms with E-state index in [0.717, 1.165) is 23.3 Å². The van der Waals surface area contributed by atoms with Gasteiger partial charge < -0.3 is 9.64 Å². The minimum atomic E-state index is -0.302. The minimum Gasteiger partial charge on any atom is -0.497 e. The molecule has 0 radical (unpaired) electrons. The SMILES string of the molecule is COc1ccc(N2CC(CBr)C(C)(C)C2=O)cc1. The van der Waals surface area contributed by atoms with Crippen LogP contribution in [0.2, 0.25) is 0 Å². The molecule has 2 rings (SSSR count). The molecule has 1 aliphatic heterocycles. The number of amides is 1. The Bertz CT molecular complexity index is 442. The first-order chi connectivity index (χ1) is 8.50. The van der Waals surface area contributed by atoms with Gasteiger partial charge in [0.15, 0.2) is 0 Å². The standard InChI is InChI=1S/C14H18BrNO2/c1-14(2)10(8-15)9-16(13(14)17)11-4-6-12(18-3)7-5-11/h4-7,10H,8-9H2,1-3H3. The van der Waals surface area contributed by atoms with E-state index in [-0.39, 0.29) is 11.3 Å². The average Bonchev–Trinajstić information content (AvgIpc) is 2.61. The number of carbonyl (C=O) groups excluding carboxylic acids is 1. The van der Waals surface area contributed by atoms with E-state index in [1.807, 2.05) is 43.0 Å². The number of hydrogen-bond acceptors (Lipinski definition) is 2. The fraction of sp³-hybridized carbons (Fsp3) is 0.500. The Hall–Kier alpha value is -1.03. The van der Waals surface area contributed by atoms with Crippen molar-refractivity contribution in [3.63, 3.8) is 0 Å². The molecule has 98 valence electrons. The Morgan fingerprint density at radius 3 is 2.44 bits per heavy atom. The fourth-order valence-corrected chi connectivity index (χ4v) is 3.29. The van der Waals surface area contributed by atoms with Crippen LogP contribution in [0.15, 0.2) is 24.3 Å². The van der Waals surface area contributed by atoms with Gasteiger partial charge in [0, 0.05) is 28.9 Å². The zero-order valence-electron chi connectivity index (χ0n) is 10.9. The molecule has 0 saturated carbocycles. The summed E-state index contributed by atoms with van der Waals surface area (Å²) in [6, 6.07) is 7.64. The van der Waals surface area contributed by atoms with E-state index >= 15 is 0 Å². The molecule has 0 aromatic heterocycles. The number of anilines is 1. The first-order valence-corrected chi connectivity index (χ1v) is 7.15. The zero-order valence-corrected chi connectivity index (χ0v) is 12.5. The quantitative estimate of drug-likeness (QED) is 0.803. The average molecular weight is 312 g/mol. The highest BCUT2D eigenvalue weighted by atomic mass is 79.9. The van der Waals surface area contributed by atoms with E-state index in [4.69, 9.17) is 4.74 Å². The lowest BCUT2D eigenvalue weighted by Gasteiger charge is -2.21. The summed E-state index contributed by atoms with van der Waals surface area (Å²) in [5, 5.41) is 0.846. The van der Waals surface area contributed by atoms with Crippen LogP contribution in [0.25, 0.3) is 0 Å². The largest absolute Gasteiger partial charge is 0.497 e. The van der Waals surface area contributed by atoms with Crippen LogP contribution in [0.5, 0.6) is 5.75 Å². The lowest BCUT2D eigenvalue weighted by molar-refractivity contribution is -0.124. The number of ether oxygens (including phenoxy) is 1. The second-order valence-corrected chi connectivity index (χ2v) is 5.83. The Balaban J connectivity index is 2.26. The number of nitrogens with zero attached hydrogens (tertiary/aromatic N) is 1. The predicted octanol–water partition coefficient (Wildman–Crippen LogP) is 3.08. The molecular weight excluding hydrogens is 294 g/mol. The zero-order chi connectivity index (χ0) is 13.3. The Morgan fingerprint density at radius 1 is 1.39 bits per heavy atom. The highest BCUT2D eigenvalue weighted by Crippen LogP contribution is 2.40. The van der Waals surface area contributed by atoms with Crippen molar-refractivity contribution in [1.82, 2.24) is 0 Å². The summed E-state index contributed by atoms with van der Waals surface area (Å²) in [6.07, 6.45) is 0. The van der Waals surface area contributed by atoms with Gasteiger partial charge in [-0.15, -0.1) is 0 Å². The third-order valence-corrected chi connectivity index (χ3v) is 4.57. The molecule has 1 amide bonds. The van der Waals surface area contributed by atoms with Crippen LogP contribution in [0, 0.1) is 11.3 Å². The van der Waals surface area contributed by atoms with Gasteiger partial charge in [-0.25, -0.2) is 0 Å². The number of alkyl halides is 1. The smallest absolute Gasteiger partial charge is 0.233 e. The van der Waals surface area contributed by atoms with Crippen LogP contribution in [-0.2, 0) is 4.79 Å². The van der Waals surface area contributed by atoms with Gasteiger partial charge in [0.2, 0.25) is 5.91 Å². The summed E-state index contributed by atoms with van der Waals surface area (Å²) >= 11 is 3.50. The van der Waals surface area contributed by atoms with Gasteiger partial charge in [0.1, 0.15) is 5.75 Å². The molecule has 1 aromatic carbocycles. The van der Waals surface area contributed by atoms with Crippen molar-refractivity contribution in [1.29, 1.82) is 0 Å². The van der Waals surface area contributed by atoms with Crippen LogP contribution in [0.3, 0.4) is 0 Å². The van der Waals surface area contributed by atoms with Crippen molar-refractivity contribution in [2.45, 2.75) is 13.8 Å².